The lowest BCUT2D eigenvalue weighted by atomic mass is 9.60. The van der Waals surface area contributed by atoms with Gasteiger partial charge in [0, 0.05) is 38.4 Å². The lowest BCUT2D eigenvalue weighted by Crippen LogP contribution is -2.49. The molecule has 1 aromatic rings. The first-order valence-electron chi connectivity index (χ1n) is 10.9. The predicted octanol–water partition coefficient (Wildman–Crippen LogP) is 5.32. The largest absolute Gasteiger partial charge is 0.392 e. The number of anilines is 1. The van der Waals surface area contributed by atoms with Crippen LogP contribution in [0.25, 0.3) is 0 Å². The molecule has 0 radical (unpaired) electrons. The van der Waals surface area contributed by atoms with Gasteiger partial charge in [-0.2, -0.15) is 0 Å². The van der Waals surface area contributed by atoms with E-state index in [0.717, 1.165) is 39.1 Å². The van der Waals surface area contributed by atoms with E-state index in [-0.39, 0.29) is 18.5 Å². The summed E-state index contributed by atoms with van der Waals surface area (Å²) in [6.45, 7) is 16.9. The SMILES string of the molecule is CCC(O)CN1CCN(c2ccccc2C2CC(C)(C)CC(C)(C)C2)CC1.Cl. The average Bonchev–Trinajstić information content (AvgIpc) is 2.59. The van der Waals surface area contributed by atoms with Gasteiger partial charge in [0.05, 0.1) is 6.10 Å². The molecule has 1 saturated heterocycles. The van der Waals surface area contributed by atoms with E-state index >= 15 is 0 Å². The van der Waals surface area contributed by atoms with Gasteiger partial charge in [0.1, 0.15) is 0 Å². The summed E-state index contributed by atoms with van der Waals surface area (Å²) in [6.07, 6.45) is 4.55. The number of hydrogen-bond acceptors (Lipinski definition) is 3. The van der Waals surface area contributed by atoms with Crippen molar-refractivity contribution in [3.8, 4) is 0 Å². The molecule has 1 saturated carbocycles. The molecule has 160 valence electrons. The van der Waals surface area contributed by atoms with Crippen molar-refractivity contribution in [3.63, 3.8) is 0 Å². The normalized spacial score (nSPS) is 23.9. The Kier molecular flexibility index (Phi) is 7.86. The van der Waals surface area contributed by atoms with Crippen LogP contribution in [0, 0.1) is 10.8 Å². The Bertz CT molecular complexity index is 607. The Morgan fingerprint density at radius 2 is 1.57 bits per heavy atom. The van der Waals surface area contributed by atoms with Crippen molar-refractivity contribution in [3.05, 3.63) is 29.8 Å². The quantitative estimate of drug-likeness (QED) is 0.714. The van der Waals surface area contributed by atoms with Crippen molar-refractivity contribution in [1.82, 2.24) is 4.90 Å². The lowest BCUT2D eigenvalue weighted by molar-refractivity contribution is 0.0967. The zero-order valence-corrected chi connectivity index (χ0v) is 19.4. The number of halogens is 1. The molecule has 1 unspecified atom stereocenters. The number of nitrogens with zero attached hydrogens (tertiary/aromatic N) is 2. The highest BCUT2D eigenvalue weighted by atomic mass is 35.5. The maximum absolute atomic E-state index is 9.95. The van der Waals surface area contributed by atoms with Crippen LogP contribution in [0.15, 0.2) is 24.3 Å². The van der Waals surface area contributed by atoms with Crippen LogP contribution >= 0.6 is 12.4 Å². The third kappa shape index (κ3) is 5.87. The van der Waals surface area contributed by atoms with E-state index in [0.29, 0.717) is 16.7 Å². The number of piperazine rings is 1. The molecule has 3 nitrogen and oxygen atoms in total. The predicted molar refractivity (Wildman–Crippen MR) is 123 cm³/mol. The van der Waals surface area contributed by atoms with Gasteiger partial charge in [0.15, 0.2) is 0 Å². The van der Waals surface area contributed by atoms with Gasteiger partial charge in [0.25, 0.3) is 0 Å². The summed E-state index contributed by atoms with van der Waals surface area (Å²) in [7, 11) is 0. The van der Waals surface area contributed by atoms with Crippen molar-refractivity contribution >= 4 is 18.1 Å². The van der Waals surface area contributed by atoms with Crippen molar-refractivity contribution in [2.45, 2.75) is 72.3 Å². The molecule has 0 bridgehead atoms. The minimum absolute atomic E-state index is 0. The average molecular weight is 409 g/mol. The van der Waals surface area contributed by atoms with E-state index in [4.69, 9.17) is 0 Å². The molecule has 2 aliphatic rings. The second kappa shape index (κ2) is 9.36. The molecule has 0 aromatic heterocycles. The number of aliphatic hydroxyl groups is 1. The number of rotatable bonds is 5. The van der Waals surface area contributed by atoms with Crippen LogP contribution in [-0.4, -0.2) is 48.8 Å². The van der Waals surface area contributed by atoms with Crippen LogP contribution in [0.3, 0.4) is 0 Å². The molecule has 1 aliphatic heterocycles. The number of hydrogen-bond donors (Lipinski definition) is 1. The summed E-state index contributed by atoms with van der Waals surface area (Å²) in [5.74, 6) is 0.653. The van der Waals surface area contributed by atoms with Crippen LogP contribution in [0.5, 0.6) is 0 Å². The second-order valence-electron chi connectivity index (χ2n) is 10.5. The zero-order valence-electron chi connectivity index (χ0n) is 18.6. The monoisotopic (exact) mass is 408 g/mol. The van der Waals surface area contributed by atoms with Crippen LogP contribution in [0.1, 0.15) is 71.8 Å². The van der Waals surface area contributed by atoms with E-state index in [2.05, 4.69) is 68.7 Å². The van der Waals surface area contributed by atoms with E-state index in [9.17, 15) is 5.11 Å². The van der Waals surface area contributed by atoms with Crippen molar-refractivity contribution < 1.29 is 5.11 Å². The van der Waals surface area contributed by atoms with Gasteiger partial charge in [-0.3, -0.25) is 4.90 Å². The number of para-hydroxylation sites is 1. The molecular weight excluding hydrogens is 368 g/mol. The molecule has 4 heteroatoms. The molecule has 28 heavy (non-hydrogen) atoms. The summed E-state index contributed by atoms with van der Waals surface area (Å²) in [5, 5.41) is 9.95. The highest BCUT2D eigenvalue weighted by Crippen LogP contribution is 2.53. The molecule has 1 aliphatic carbocycles. The first-order chi connectivity index (χ1) is 12.7. The first-order valence-corrected chi connectivity index (χ1v) is 10.9. The molecule has 1 heterocycles. The summed E-state index contributed by atoms with van der Waals surface area (Å²) in [4.78, 5) is 5.00. The van der Waals surface area contributed by atoms with E-state index in [1.807, 2.05) is 0 Å². The highest BCUT2D eigenvalue weighted by Gasteiger charge is 2.39. The number of benzene rings is 1. The molecule has 1 aromatic carbocycles. The van der Waals surface area contributed by atoms with Gasteiger partial charge in [-0.1, -0.05) is 52.8 Å². The molecular formula is C24H41ClN2O. The smallest absolute Gasteiger partial charge is 0.0664 e. The maximum Gasteiger partial charge on any atom is 0.0664 e. The first kappa shape index (κ1) is 23.5. The second-order valence-corrected chi connectivity index (χ2v) is 10.5. The molecule has 2 fully saturated rings. The van der Waals surface area contributed by atoms with E-state index < -0.39 is 0 Å². The van der Waals surface area contributed by atoms with Gasteiger partial charge in [-0.05, 0) is 54.1 Å². The van der Waals surface area contributed by atoms with E-state index in [1.165, 1.54) is 24.9 Å². The number of aliphatic hydroxyl groups excluding tert-OH is 1. The van der Waals surface area contributed by atoms with Crippen LogP contribution in [-0.2, 0) is 0 Å². The fraction of sp³-hybridized carbons (Fsp3) is 0.750. The van der Waals surface area contributed by atoms with Gasteiger partial charge in [-0.25, -0.2) is 0 Å². The standard InChI is InChI=1S/C24H40N2O.ClH/c1-6-20(27)17-25-11-13-26(14-12-25)22-10-8-7-9-21(22)19-15-23(2,3)18-24(4,5)16-19;/h7-10,19-20,27H,6,11-18H2,1-5H3;1H. The Morgan fingerprint density at radius 3 is 2.14 bits per heavy atom. The lowest BCUT2D eigenvalue weighted by Gasteiger charge is -2.46. The summed E-state index contributed by atoms with van der Waals surface area (Å²) < 4.78 is 0. The van der Waals surface area contributed by atoms with E-state index in [1.54, 1.807) is 5.56 Å². The maximum atomic E-state index is 9.95. The zero-order chi connectivity index (χ0) is 19.7. The Morgan fingerprint density at radius 1 is 1.00 bits per heavy atom. The van der Waals surface area contributed by atoms with Gasteiger partial charge >= 0.3 is 0 Å². The van der Waals surface area contributed by atoms with Gasteiger partial charge < -0.3 is 10.0 Å². The minimum atomic E-state index is -0.185. The van der Waals surface area contributed by atoms with Crippen LogP contribution in [0.4, 0.5) is 5.69 Å². The Hall–Kier alpha value is -0.770. The number of β-amino-alcohol motifs (C(OH)–C–C–N with tert-alkyl or cyclic N) is 1. The summed E-state index contributed by atoms with van der Waals surface area (Å²) >= 11 is 0. The molecule has 0 spiro atoms. The molecule has 1 N–H and O–H groups in total. The minimum Gasteiger partial charge on any atom is -0.392 e. The fourth-order valence-electron chi connectivity index (χ4n) is 5.79. The van der Waals surface area contributed by atoms with Crippen LogP contribution in [0.2, 0.25) is 0 Å². The van der Waals surface area contributed by atoms with Crippen LogP contribution < -0.4 is 4.90 Å². The van der Waals surface area contributed by atoms with Crippen molar-refractivity contribution in [1.29, 1.82) is 0 Å². The Balaban J connectivity index is 0.00000280. The van der Waals surface area contributed by atoms with Crippen molar-refractivity contribution in [2.24, 2.45) is 10.8 Å². The van der Waals surface area contributed by atoms with Gasteiger partial charge in [-0.15, -0.1) is 12.4 Å². The molecule has 0 amide bonds. The summed E-state index contributed by atoms with van der Waals surface area (Å²) in [5.41, 5.74) is 3.83. The Labute approximate surface area is 178 Å². The highest BCUT2D eigenvalue weighted by molar-refractivity contribution is 5.85. The van der Waals surface area contributed by atoms with Gasteiger partial charge in [0.2, 0.25) is 0 Å². The molecule has 1 atom stereocenters. The fourth-order valence-corrected chi connectivity index (χ4v) is 5.79. The summed E-state index contributed by atoms with van der Waals surface area (Å²) in [6, 6.07) is 9.14. The topological polar surface area (TPSA) is 26.7 Å². The third-order valence-electron chi connectivity index (χ3n) is 6.58. The molecule has 3 rings (SSSR count). The van der Waals surface area contributed by atoms with Crippen molar-refractivity contribution in [2.75, 3.05) is 37.6 Å². The third-order valence-corrected chi connectivity index (χ3v) is 6.58.